The van der Waals surface area contributed by atoms with Crippen molar-refractivity contribution in [1.29, 1.82) is 0 Å². The van der Waals surface area contributed by atoms with Crippen molar-refractivity contribution in [3.8, 4) is 0 Å². The number of unbranched alkanes of at least 4 members (excludes halogenated alkanes) is 14. The Balaban J connectivity index is 3.70. The van der Waals surface area contributed by atoms with Gasteiger partial charge in [0.05, 0.1) is 0 Å². The third-order valence-corrected chi connectivity index (χ3v) is 5.57. The highest BCUT2D eigenvalue weighted by molar-refractivity contribution is 4.70. The molecule has 0 radical (unpaired) electrons. The number of hydrogen-bond donors (Lipinski definition) is 0. The maximum Gasteiger partial charge on any atom is 0.167 e. The monoisotopic (exact) mass is 356 g/mol. The van der Waals surface area contributed by atoms with Gasteiger partial charge in [-0.1, -0.05) is 104 Å². The molecule has 0 N–H and O–H groups in total. The summed E-state index contributed by atoms with van der Waals surface area (Å²) >= 11 is 0. The minimum atomic E-state index is -0.329. The van der Waals surface area contributed by atoms with Crippen LogP contribution in [0, 0.1) is 0 Å². The largest absolute Gasteiger partial charge is 0.353 e. The second-order valence-corrected chi connectivity index (χ2v) is 7.77. The minimum Gasteiger partial charge on any atom is -0.353 e. The molecule has 0 unspecified atom stereocenters. The molecular weight excluding hydrogens is 308 g/mol. The molecule has 2 heteroatoms. The molecule has 25 heavy (non-hydrogen) atoms. The molecular formula is C23H48O2. The first kappa shape index (κ1) is 24.9. The summed E-state index contributed by atoms with van der Waals surface area (Å²) in [4.78, 5) is 0. The smallest absolute Gasteiger partial charge is 0.167 e. The van der Waals surface area contributed by atoms with E-state index in [0.717, 1.165) is 12.8 Å². The highest BCUT2D eigenvalue weighted by Gasteiger charge is 2.28. The summed E-state index contributed by atoms with van der Waals surface area (Å²) in [5.41, 5.74) is 0. The molecule has 0 spiro atoms. The molecule has 2 nitrogen and oxygen atoms in total. The summed E-state index contributed by atoms with van der Waals surface area (Å²) in [6, 6.07) is 0. The zero-order valence-corrected chi connectivity index (χ0v) is 18.0. The Morgan fingerprint density at radius 1 is 0.440 bits per heavy atom. The predicted molar refractivity (Wildman–Crippen MR) is 111 cm³/mol. The van der Waals surface area contributed by atoms with E-state index in [4.69, 9.17) is 9.47 Å². The van der Waals surface area contributed by atoms with Crippen LogP contribution in [-0.4, -0.2) is 20.0 Å². The van der Waals surface area contributed by atoms with Gasteiger partial charge in [-0.2, -0.15) is 0 Å². The Kier molecular flexibility index (Phi) is 18.6. The lowest BCUT2D eigenvalue weighted by Gasteiger charge is -2.31. The molecule has 0 bridgehead atoms. The minimum absolute atomic E-state index is 0.329. The number of rotatable bonds is 20. The SMILES string of the molecule is CCCCCCCCCCC(CCCCCCCCCC)(OC)OC. The van der Waals surface area contributed by atoms with Gasteiger partial charge in [0.25, 0.3) is 0 Å². The van der Waals surface area contributed by atoms with E-state index in [-0.39, 0.29) is 5.79 Å². The molecule has 0 aliphatic rings. The van der Waals surface area contributed by atoms with Crippen LogP contribution in [0.15, 0.2) is 0 Å². The zero-order chi connectivity index (χ0) is 18.6. The molecule has 0 aromatic carbocycles. The van der Waals surface area contributed by atoms with E-state index in [0.29, 0.717) is 0 Å². The second kappa shape index (κ2) is 18.7. The van der Waals surface area contributed by atoms with Gasteiger partial charge in [0.2, 0.25) is 0 Å². The van der Waals surface area contributed by atoms with Crippen LogP contribution in [0.2, 0.25) is 0 Å². The third kappa shape index (κ3) is 14.7. The van der Waals surface area contributed by atoms with Crippen molar-refractivity contribution in [3.63, 3.8) is 0 Å². The lowest BCUT2D eigenvalue weighted by Crippen LogP contribution is -2.33. The average molecular weight is 357 g/mol. The number of ether oxygens (including phenoxy) is 2. The van der Waals surface area contributed by atoms with E-state index in [9.17, 15) is 0 Å². The standard InChI is InChI=1S/C23H48O2/c1-5-7-9-11-13-15-17-19-21-23(24-3,25-4)22-20-18-16-14-12-10-8-6-2/h5-22H2,1-4H3. The Bertz CT molecular complexity index is 226. The van der Waals surface area contributed by atoms with Gasteiger partial charge in [0, 0.05) is 27.1 Å². The first-order chi connectivity index (χ1) is 12.2. The maximum absolute atomic E-state index is 5.78. The fourth-order valence-electron chi connectivity index (χ4n) is 3.67. The quantitative estimate of drug-likeness (QED) is 0.162. The summed E-state index contributed by atoms with van der Waals surface area (Å²) in [6.45, 7) is 4.56. The molecule has 0 aromatic heterocycles. The van der Waals surface area contributed by atoms with Crippen molar-refractivity contribution in [1.82, 2.24) is 0 Å². The van der Waals surface area contributed by atoms with Crippen molar-refractivity contribution >= 4 is 0 Å². The third-order valence-electron chi connectivity index (χ3n) is 5.57. The van der Waals surface area contributed by atoms with Crippen molar-refractivity contribution < 1.29 is 9.47 Å². The molecule has 0 heterocycles. The fraction of sp³-hybridized carbons (Fsp3) is 1.00. The normalized spacial score (nSPS) is 12.0. The van der Waals surface area contributed by atoms with Gasteiger partial charge in [-0.05, 0) is 12.8 Å². The molecule has 0 saturated carbocycles. The first-order valence-corrected chi connectivity index (χ1v) is 11.3. The molecule has 0 rings (SSSR count). The highest BCUT2D eigenvalue weighted by Crippen LogP contribution is 2.27. The topological polar surface area (TPSA) is 18.5 Å². The zero-order valence-electron chi connectivity index (χ0n) is 18.0. The summed E-state index contributed by atoms with van der Waals surface area (Å²) in [7, 11) is 3.64. The van der Waals surface area contributed by atoms with Gasteiger partial charge in [-0.15, -0.1) is 0 Å². The molecule has 0 fully saturated rings. The van der Waals surface area contributed by atoms with Crippen LogP contribution in [0.3, 0.4) is 0 Å². The number of methoxy groups -OCH3 is 2. The van der Waals surface area contributed by atoms with Gasteiger partial charge < -0.3 is 9.47 Å². The van der Waals surface area contributed by atoms with Gasteiger partial charge in [-0.3, -0.25) is 0 Å². The molecule has 0 aromatic rings. The first-order valence-electron chi connectivity index (χ1n) is 11.3. The van der Waals surface area contributed by atoms with Gasteiger partial charge >= 0.3 is 0 Å². The predicted octanol–water partition coefficient (Wildman–Crippen LogP) is 8.04. The van der Waals surface area contributed by atoms with E-state index < -0.39 is 0 Å². The Morgan fingerprint density at radius 3 is 1.00 bits per heavy atom. The van der Waals surface area contributed by atoms with E-state index in [1.165, 1.54) is 103 Å². The van der Waals surface area contributed by atoms with Gasteiger partial charge in [-0.25, -0.2) is 0 Å². The lowest BCUT2D eigenvalue weighted by molar-refractivity contribution is -0.216. The molecule has 0 aliphatic carbocycles. The van der Waals surface area contributed by atoms with Crippen LogP contribution in [0.5, 0.6) is 0 Å². The summed E-state index contributed by atoms with van der Waals surface area (Å²) in [5, 5.41) is 0. The molecule has 0 saturated heterocycles. The van der Waals surface area contributed by atoms with Crippen LogP contribution >= 0.6 is 0 Å². The number of hydrogen-bond acceptors (Lipinski definition) is 2. The van der Waals surface area contributed by atoms with Crippen molar-refractivity contribution in [3.05, 3.63) is 0 Å². The van der Waals surface area contributed by atoms with Crippen molar-refractivity contribution in [2.45, 2.75) is 135 Å². The Hall–Kier alpha value is -0.0800. The highest BCUT2D eigenvalue weighted by atomic mass is 16.7. The maximum atomic E-state index is 5.78. The Labute approximate surface area is 159 Å². The van der Waals surface area contributed by atoms with E-state index in [1.54, 1.807) is 0 Å². The molecule has 0 aliphatic heterocycles. The summed E-state index contributed by atoms with van der Waals surface area (Å²) < 4.78 is 11.6. The van der Waals surface area contributed by atoms with Gasteiger partial charge in [0.1, 0.15) is 0 Å². The second-order valence-electron chi connectivity index (χ2n) is 7.77. The van der Waals surface area contributed by atoms with Crippen molar-refractivity contribution in [2.75, 3.05) is 14.2 Å². The molecule has 0 amide bonds. The van der Waals surface area contributed by atoms with Gasteiger partial charge in [0.15, 0.2) is 5.79 Å². The lowest BCUT2D eigenvalue weighted by atomic mass is 9.98. The van der Waals surface area contributed by atoms with Crippen LogP contribution in [0.1, 0.15) is 129 Å². The average Bonchev–Trinajstić information content (AvgIpc) is 2.64. The van der Waals surface area contributed by atoms with E-state index >= 15 is 0 Å². The van der Waals surface area contributed by atoms with Crippen LogP contribution in [-0.2, 0) is 9.47 Å². The molecule has 0 atom stereocenters. The van der Waals surface area contributed by atoms with Crippen LogP contribution < -0.4 is 0 Å². The van der Waals surface area contributed by atoms with Crippen molar-refractivity contribution in [2.24, 2.45) is 0 Å². The Morgan fingerprint density at radius 2 is 0.720 bits per heavy atom. The fourth-order valence-corrected chi connectivity index (χ4v) is 3.67. The van der Waals surface area contributed by atoms with E-state index in [1.807, 2.05) is 14.2 Å². The summed E-state index contributed by atoms with van der Waals surface area (Å²) in [5.74, 6) is -0.329. The van der Waals surface area contributed by atoms with Crippen LogP contribution in [0.25, 0.3) is 0 Å². The van der Waals surface area contributed by atoms with E-state index in [2.05, 4.69) is 13.8 Å². The van der Waals surface area contributed by atoms with Crippen LogP contribution in [0.4, 0.5) is 0 Å². The summed E-state index contributed by atoms with van der Waals surface area (Å²) in [6.07, 6.45) is 23.8. The molecule has 152 valence electrons.